The van der Waals surface area contributed by atoms with Crippen LogP contribution in [0.15, 0.2) is 33.6 Å². The molecule has 0 spiro atoms. The number of aromatic nitrogens is 3. The summed E-state index contributed by atoms with van der Waals surface area (Å²) < 4.78 is 7.03. The number of para-hydroxylation sites is 2. The van der Waals surface area contributed by atoms with E-state index in [9.17, 15) is 0 Å². The molecule has 0 aliphatic rings. The molecule has 86 valence electrons. The molecule has 6 heteroatoms. The van der Waals surface area contributed by atoms with Crippen LogP contribution < -0.4 is 5.73 Å². The standard InChI is InChI=1S/C11H10N4OS/c1-6-9(17)10(12)15(14-6)11-13-7-4-2-3-5-8(7)16-11/h2-5,17H,12H2,1H3. The molecule has 0 saturated carbocycles. The van der Waals surface area contributed by atoms with E-state index in [2.05, 4.69) is 22.7 Å². The van der Waals surface area contributed by atoms with Crippen molar-refractivity contribution < 1.29 is 4.42 Å². The molecule has 0 saturated heterocycles. The first-order valence-electron chi connectivity index (χ1n) is 5.07. The Hall–Kier alpha value is -1.95. The van der Waals surface area contributed by atoms with Gasteiger partial charge in [0.05, 0.1) is 10.6 Å². The zero-order valence-corrected chi connectivity index (χ0v) is 9.98. The summed E-state index contributed by atoms with van der Waals surface area (Å²) in [6.07, 6.45) is 0. The Labute approximate surface area is 103 Å². The second-order valence-corrected chi connectivity index (χ2v) is 4.14. The van der Waals surface area contributed by atoms with Crippen molar-refractivity contribution in [3.8, 4) is 6.01 Å². The molecule has 2 heterocycles. The normalized spacial score (nSPS) is 11.2. The first-order chi connectivity index (χ1) is 8.16. The summed E-state index contributed by atoms with van der Waals surface area (Å²) >= 11 is 4.27. The molecule has 2 N–H and O–H groups in total. The second kappa shape index (κ2) is 3.53. The van der Waals surface area contributed by atoms with E-state index < -0.39 is 0 Å². The van der Waals surface area contributed by atoms with Gasteiger partial charge in [-0.25, -0.2) is 0 Å². The van der Waals surface area contributed by atoms with Gasteiger partial charge in [0.1, 0.15) is 11.3 Å². The van der Waals surface area contributed by atoms with Crippen molar-refractivity contribution in [2.24, 2.45) is 0 Å². The number of nitrogens with zero attached hydrogens (tertiary/aromatic N) is 3. The van der Waals surface area contributed by atoms with Crippen molar-refractivity contribution >= 4 is 29.5 Å². The number of anilines is 1. The highest BCUT2D eigenvalue weighted by atomic mass is 32.1. The van der Waals surface area contributed by atoms with Gasteiger partial charge in [0.15, 0.2) is 5.58 Å². The van der Waals surface area contributed by atoms with Gasteiger partial charge in [-0.1, -0.05) is 12.1 Å². The molecule has 17 heavy (non-hydrogen) atoms. The van der Waals surface area contributed by atoms with Gasteiger partial charge < -0.3 is 10.2 Å². The van der Waals surface area contributed by atoms with Crippen molar-refractivity contribution in [2.75, 3.05) is 5.73 Å². The zero-order valence-electron chi connectivity index (χ0n) is 9.08. The third-order valence-corrected chi connectivity index (χ3v) is 3.08. The molecule has 0 radical (unpaired) electrons. The smallest absolute Gasteiger partial charge is 0.325 e. The Morgan fingerprint density at radius 2 is 2.12 bits per heavy atom. The van der Waals surface area contributed by atoms with Crippen LogP contribution in [0, 0.1) is 6.92 Å². The maximum absolute atomic E-state index is 5.88. The van der Waals surface area contributed by atoms with Crippen LogP contribution in [-0.2, 0) is 0 Å². The Kier molecular flexibility index (Phi) is 2.12. The maximum Gasteiger partial charge on any atom is 0.325 e. The first kappa shape index (κ1) is 10.2. The number of benzene rings is 1. The Morgan fingerprint density at radius 1 is 1.35 bits per heavy atom. The van der Waals surface area contributed by atoms with Gasteiger partial charge in [0, 0.05) is 0 Å². The largest absolute Gasteiger partial charge is 0.422 e. The van der Waals surface area contributed by atoms with Gasteiger partial charge in [-0.3, -0.25) is 0 Å². The van der Waals surface area contributed by atoms with Crippen LogP contribution in [0.1, 0.15) is 5.69 Å². The lowest BCUT2D eigenvalue weighted by molar-refractivity contribution is 0.544. The lowest BCUT2D eigenvalue weighted by atomic mass is 10.3. The monoisotopic (exact) mass is 246 g/mol. The van der Waals surface area contributed by atoms with Crippen molar-refractivity contribution in [3.05, 3.63) is 30.0 Å². The van der Waals surface area contributed by atoms with E-state index >= 15 is 0 Å². The van der Waals surface area contributed by atoms with Crippen molar-refractivity contribution in [2.45, 2.75) is 11.8 Å². The lowest BCUT2D eigenvalue weighted by Gasteiger charge is -1.96. The summed E-state index contributed by atoms with van der Waals surface area (Å²) in [6, 6.07) is 7.86. The fourth-order valence-electron chi connectivity index (χ4n) is 1.63. The quantitative estimate of drug-likeness (QED) is 0.646. The van der Waals surface area contributed by atoms with Crippen LogP contribution in [0.3, 0.4) is 0 Å². The SMILES string of the molecule is Cc1nn(-c2nc3ccccc3o2)c(N)c1S. The molecule has 0 atom stereocenters. The number of nitrogen functional groups attached to an aromatic ring is 1. The maximum atomic E-state index is 5.88. The predicted octanol–water partition coefficient (Wildman–Crippen LogP) is 2.19. The fourth-order valence-corrected chi connectivity index (χ4v) is 1.77. The van der Waals surface area contributed by atoms with Gasteiger partial charge in [-0.2, -0.15) is 14.8 Å². The second-order valence-electron chi connectivity index (χ2n) is 3.70. The highest BCUT2D eigenvalue weighted by molar-refractivity contribution is 7.80. The molecule has 0 aliphatic heterocycles. The molecule has 0 fully saturated rings. The first-order valence-corrected chi connectivity index (χ1v) is 5.51. The number of oxazole rings is 1. The topological polar surface area (TPSA) is 69.9 Å². The Morgan fingerprint density at radius 3 is 2.76 bits per heavy atom. The molecule has 2 aromatic heterocycles. The summed E-state index contributed by atoms with van der Waals surface area (Å²) in [5.41, 5.74) is 8.10. The summed E-state index contributed by atoms with van der Waals surface area (Å²) in [5.74, 6) is 0.428. The minimum absolute atomic E-state index is 0.354. The number of hydrogen-bond donors (Lipinski definition) is 2. The number of aryl methyl sites for hydroxylation is 1. The molecule has 3 aromatic rings. The molecule has 0 amide bonds. The highest BCUT2D eigenvalue weighted by Crippen LogP contribution is 2.25. The number of fused-ring (bicyclic) bond motifs is 1. The molecule has 5 nitrogen and oxygen atoms in total. The Balaban J connectivity index is 2.23. The third kappa shape index (κ3) is 1.49. The van der Waals surface area contributed by atoms with Gasteiger partial charge in [0.25, 0.3) is 0 Å². The minimum Gasteiger partial charge on any atom is -0.422 e. The summed E-state index contributed by atoms with van der Waals surface area (Å²) in [5, 5.41) is 4.23. The van der Waals surface area contributed by atoms with E-state index in [-0.39, 0.29) is 0 Å². The zero-order chi connectivity index (χ0) is 12.0. The van der Waals surface area contributed by atoms with Crippen LogP contribution >= 0.6 is 12.6 Å². The van der Waals surface area contributed by atoms with E-state index in [0.717, 1.165) is 11.2 Å². The van der Waals surface area contributed by atoms with Crippen molar-refractivity contribution in [3.63, 3.8) is 0 Å². The molecular weight excluding hydrogens is 236 g/mol. The molecular formula is C11H10N4OS. The van der Waals surface area contributed by atoms with Crippen LogP contribution in [-0.4, -0.2) is 14.8 Å². The fraction of sp³-hybridized carbons (Fsp3) is 0.0909. The van der Waals surface area contributed by atoms with E-state index in [1.165, 1.54) is 4.68 Å². The van der Waals surface area contributed by atoms with Gasteiger partial charge in [-0.15, -0.1) is 12.6 Å². The minimum atomic E-state index is 0.354. The van der Waals surface area contributed by atoms with Gasteiger partial charge >= 0.3 is 6.01 Å². The molecule has 3 rings (SSSR count). The number of thiol groups is 1. The predicted molar refractivity (Wildman–Crippen MR) is 67.5 cm³/mol. The van der Waals surface area contributed by atoms with E-state index in [1.54, 1.807) is 0 Å². The van der Waals surface area contributed by atoms with E-state index in [1.807, 2.05) is 31.2 Å². The Bertz CT molecular complexity index is 668. The third-order valence-electron chi connectivity index (χ3n) is 2.53. The van der Waals surface area contributed by atoms with Crippen LogP contribution in [0.25, 0.3) is 17.1 Å². The summed E-state index contributed by atoms with van der Waals surface area (Å²) in [4.78, 5) is 4.96. The summed E-state index contributed by atoms with van der Waals surface area (Å²) in [6.45, 7) is 1.83. The number of hydrogen-bond acceptors (Lipinski definition) is 5. The average molecular weight is 246 g/mol. The van der Waals surface area contributed by atoms with Crippen LogP contribution in [0.5, 0.6) is 0 Å². The molecule has 1 aromatic carbocycles. The average Bonchev–Trinajstić information content (AvgIpc) is 2.86. The molecule has 0 bridgehead atoms. The van der Waals surface area contributed by atoms with Crippen LogP contribution in [0.4, 0.5) is 5.82 Å². The van der Waals surface area contributed by atoms with Crippen LogP contribution in [0.2, 0.25) is 0 Å². The lowest BCUT2D eigenvalue weighted by Crippen LogP contribution is -2.02. The summed E-state index contributed by atoms with van der Waals surface area (Å²) in [7, 11) is 0. The van der Waals surface area contributed by atoms with Gasteiger partial charge in [-0.05, 0) is 19.1 Å². The van der Waals surface area contributed by atoms with E-state index in [4.69, 9.17) is 10.2 Å². The number of rotatable bonds is 1. The van der Waals surface area contributed by atoms with Crippen molar-refractivity contribution in [1.82, 2.24) is 14.8 Å². The number of nitrogens with two attached hydrogens (primary N) is 1. The van der Waals surface area contributed by atoms with E-state index in [0.29, 0.717) is 22.3 Å². The molecule has 0 unspecified atom stereocenters. The highest BCUT2D eigenvalue weighted by Gasteiger charge is 2.15. The molecule has 0 aliphatic carbocycles. The van der Waals surface area contributed by atoms with Gasteiger partial charge in [0.2, 0.25) is 0 Å². The van der Waals surface area contributed by atoms with Crippen molar-refractivity contribution in [1.29, 1.82) is 0 Å².